The van der Waals surface area contributed by atoms with E-state index in [9.17, 15) is 5.11 Å². The smallest absolute Gasteiger partial charge is 0.149 e. The van der Waals surface area contributed by atoms with Crippen LogP contribution in [0.4, 0.5) is 0 Å². The van der Waals surface area contributed by atoms with Gasteiger partial charge in [-0.15, -0.1) is 0 Å². The van der Waals surface area contributed by atoms with Gasteiger partial charge in [0.15, 0.2) is 0 Å². The molecule has 0 aliphatic rings. The molecule has 0 fully saturated rings. The molecule has 8 rings (SSSR count). The number of aromatic nitrogens is 3. The quantitative estimate of drug-likeness (QED) is 0.184. The van der Waals surface area contributed by atoms with E-state index in [-0.39, 0.29) is 22.0 Å². The summed E-state index contributed by atoms with van der Waals surface area (Å²) < 4.78 is 2.27. The number of phenolic OH excluding ortho intramolecular Hbond substituents is 1. The molecule has 6 aromatic carbocycles. The first-order chi connectivity index (χ1) is 27.6. The van der Waals surface area contributed by atoms with Gasteiger partial charge >= 0.3 is 0 Å². The topological polar surface area (TPSA) is 50.9 Å². The van der Waals surface area contributed by atoms with Crippen LogP contribution < -0.4 is 0 Å². The normalized spacial score (nSPS) is 12.3. The van der Waals surface area contributed by atoms with E-state index in [0.717, 1.165) is 61.4 Å². The highest BCUT2D eigenvalue weighted by molar-refractivity contribution is 5.97. The van der Waals surface area contributed by atoms with Crippen LogP contribution in [0, 0.1) is 0 Å². The lowest BCUT2D eigenvalue weighted by Gasteiger charge is -2.26. The van der Waals surface area contributed by atoms with Gasteiger partial charge in [0, 0.05) is 17.3 Å². The zero-order valence-corrected chi connectivity index (χ0v) is 35.2. The molecule has 4 nitrogen and oxygen atoms in total. The van der Waals surface area contributed by atoms with Gasteiger partial charge in [-0.2, -0.15) is 0 Å². The Labute approximate surface area is 343 Å². The van der Waals surface area contributed by atoms with Crippen molar-refractivity contribution >= 4 is 11.0 Å². The highest BCUT2D eigenvalue weighted by atomic mass is 16.3. The number of hydrogen-bond donors (Lipinski definition) is 1. The summed E-state index contributed by atoms with van der Waals surface area (Å²) >= 11 is 0. The minimum Gasteiger partial charge on any atom is -0.507 e. The third-order valence-electron chi connectivity index (χ3n) is 11.2. The lowest BCUT2D eigenvalue weighted by molar-refractivity contribution is 0.475. The fourth-order valence-electron chi connectivity index (χ4n) is 7.84. The van der Waals surface area contributed by atoms with Crippen molar-refractivity contribution in [1.29, 1.82) is 0 Å². The van der Waals surface area contributed by atoms with Crippen molar-refractivity contribution < 1.29 is 5.11 Å². The lowest BCUT2D eigenvalue weighted by atomic mass is 9.83. The SMILES string of the molecule is CC(C)(C)c1cc(-c2cc(-c3ccccc3)ccn2)cc(-c2cccc3c2nc(-c2cc(C(C)(C)C)ccc2O)n3-c2ccc(-c3ccccc3)cc2C(C)(C)C)c1. The maximum absolute atomic E-state index is 11.7. The van der Waals surface area contributed by atoms with E-state index in [2.05, 4.69) is 194 Å². The Morgan fingerprint density at radius 3 is 1.74 bits per heavy atom. The number of hydrogen-bond acceptors (Lipinski definition) is 3. The first-order valence-electron chi connectivity index (χ1n) is 20.3. The van der Waals surface area contributed by atoms with Crippen LogP contribution >= 0.6 is 0 Å². The molecule has 2 heterocycles. The van der Waals surface area contributed by atoms with Crippen molar-refractivity contribution in [2.45, 2.75) is 78.6 Å². The highest BCUT2D eigenvalue weighted by Gasteiger charge is 2.27. The number of rotatable bonds is 6. The van der Waals surface area contributed by atoms with Gasteiger partial charge in [0.1, 0.15) is 11.6 Å². The van der Waals surface area contributed by atoms with Gasteiger partial charge in [-0.05, 0) is 115 Å². The maximum atomic E-state index is 11.7. The fourth-order valence-corrected chi connectivity index (χ4v) is 7.84. The minimum absolute atomic E-state index is 0.124. The number of nitrogens with zero attached hydrogens (tertiary/aromatic N) is 3. The molecule has 2 aromatic heterocycles. The van der Waals surface area contributed by atoms with Crippen molar-refractivity contribution in [2.75, 3.05) is 0 Å². The molecule has 0 aliphatic carbocycles. The van der Waals surface area contributed by atoms with Crippen LogP contribution in [0.25, 0.3) is 72.7 Å². The molecule has 58 heavy (non-hydrogen) atoms. The Morgan fingerprint density at radius 2 is 1.10 bits per heavy atom. The Bertz CT molecular complexity index is 2770. The first-order valence-corrected chi connectivity index (χ1v) is 20.3. The fraction of sp³-hybridized carbons (Fsp3) is 0.222. The predicted molar refractivity (Wildman–Crippen MR) is 244 cm³/mol. The van der Waals surface area contributed by atoms with E-state index in [1.54, 1.807) is 0 Å². The molecule has 0 saturated carbocycles. The molecule has 0 amide bonds. The van der Waals surface area contributed by atoms with E-state index in [0.29, 0.717) is 11.4 Å². The van der Waals surface area contributed by atoms with Crippen molar-refractivity contribution in [3.05, 3.63) is 168 Å². The maximum Gasteiger partial charge on any atom is 0.149 e. The molecule has 290 valence electrons. The predicted octanol–water partition coefficient (Wildman–Crippen LogP) is 14.4. The van der Waals surface area contributed by atoms with Gasteiger partial charge in [-0.25, -0.2) is 4.98 Å². The van der Waals surface area contributed by atoms with E-state index in [1.165, 1.54) is 16.7 Å². The summed E-state index contributed by atoms with van der Waals surface area (Å²) in [5.41, 5.74) is 15.3. The molecule has 0 radical (unpaired) electrons. The average Bonchev–Trinajstić information content (AvgIpc) is 3.60. The van der Waals surface area contributed by atoms with E-state index >= 15 is 0 Å². The molecule has 0 spiro atoms. The van der Waals surface area contributed by atoms with Crippen molar-refractivity contribution in [2.24, 2.45) is 0 Å². The summed E-state index contributed by atoms with van der Waals surface area (Å²) in [6.07, 6.45) is 1.91. The summed E-state index contributed by atoms with van der Waals surface area (Å²) in [5.74, 6) is 0.902. The van der Waals surface area contributed by atoms with Gasteiger partial charge in [0.05, 0.1) is 28.0 Å². The Kier molecular flexibility index (Phi) is 9.72. The summed E-state index contributed by atoms with van der Waals surface area (Å²) in [4.78, 5) is 10.5. The molecule has 0 atom stereocenters. The van der Waals surface area contributed by atoms with Gasteiger partial charge in [0.2, 0.25) is 0 Å². The third-order valence-corrected chi connectivity index (χ3v) is 11.2. The molecule has 1 N–H and O–H groups in total. The summed E-state index contributed by atoms with van der Waals surface area (Å²) in [6, 6.07) is 51.3. The number of imidazole rings is 1. The zero-order valence-electron chi connectivity index (χ0n) is 35.2. The van der Waals surface area contributed by atoms with Crippen molar-refractivity contribution in [3.8, 4) is 67.5 Å². The molecule has 0 unspecified atom stereocenters. The number of phenols is 1. The van der Waals surface area contributed by atoms with Crippen LogP contribution in [0.5, 0.6) is 5.75 Å². The molecule has 8 aromatic rings. The second-order valence-electron chi connectivity index (χ2n) is 18.6. The van der Waals surface area contributed by atoms with Crippen LogP contribution in [0.1, 0.15) is 79.0 Å². The second kappa shape index (κ2) is 14.6. The number of para-hydroxylation sites is 1. The monoisotopic (exact) mass is 759 g/mol. The highest BCUT2D eigenvalue weighted by Crippen LogP contribution is 2.43. The molecule has 0 aliphatic heterocycles. The van der Waals surface area contributed by atoms with Crippen LogP contribution in [0.3, 0.4) is 0 Å². The lowest BCUT2D eigenvalue weighted by Crippen LogP contribution is -2.16. The Balaban J connectivity index is 1.41. The van der Waals surface area contributed by atoms with Crippen LogP contribution in [-0.4, -0.2) is 19.6 Å². The first kappa shape index (κ1) is 38.6. The molecular weight excluding hydrogens is 707 g/mol. The van der Waals surface area contributed by atoms with Gasteiger partial charge in [-0.3, -0.25) is 9.55 Å². The summed E-state index contributed by atoms with van der Waals surface area (Å²) in [7, 11) is 0. The minimum atomic E-state index is -0.210. The molecule has 0 saturated heterocycles. The molecular formula is C54H53N3O. The second-order valence-corrected chi connectivity index (χ2v) is 18.6. The van der Waals surface area contributed by atoms with Crippen molar-refractivity contribution in [3.63, 3.8) is 0 Å². The number of aromatic hydroxyl groups is 1. The Morgan fingerprint density at radius 1 is 0.466 bits per heavy atom. The molecule has 4 heteroatoms. The largest absolute Gasteiger partial charge is 0.507 e. The summed E-state index contributed by atoms with van der Waals surface area (Å²) in [5, 5.41) is 11.7. The zero-order chi connectivity index (χ0) is 41.0. The number of fused-ring (bicyclic) bond motifs is 1. The van der Waals surface area contributed by atoms with E-state index < -0.39 is 0 Å². The van der Waals surface area contributed by atoms with Gasteiger partial charge in [-0.1, -0.05) is 153 Å². The van der Waals surface area contributed by atoms with Crippen LogP contribution in [0.2, 0.25) is 0 Å². The summed E-state index contributed by atoms with van der Waals surface area (Å²) in [6.45, 7) is 20.2. The van der Waals surface area contributed by atoms with E-state index in [1.807, 2.05) is 24.4 Å². The third kappa shape index (κ3) is 7.47. The van der Waals surface area contributed by atoms with E-state index in [4.69, 9.17) is 9.97 Å². The number of pyridine rings is 1. The average molecular weight is 760 g/mol. The Hall–Kier alpha value is -6.26. The molecule has 0 bridgehead atoms. The number of benzene rings is 6. The van der Waals surface area contributed by atoms with Gasteiger partial charge in [0.25, 0.3) is 0 Å². The van der Waals surface area contributed by atoms with Gasteiger partial charge < -0.3 is 5.11 Å². The standard InChI is InChI=1S/C54H53N3O/c1-52(2,3)41-24-26-49(58)44(34-41)51-56-50-43(21-16-22-48(50)57(51)47-25-23-37(32-45(47)54(7,8)9)35-17-12-10-13-18-35)39-29-40(31-42(30-39)53(4,5)6)46-33-38(27-28-55-46)36-19-14-11-15-20-36/h10-34,58H,1-9H3. The van der Waals surface area contributed by atoms with Crippen LogP contribution in [0.15, 0.2) is 152 Å². The van der Waals surface area contributed by atoms with Crippen molar-refractivity contribution in [1.82, 2.24) is 14.5 Å². The van der Waals surface area contributed by atoms with Crippen LogP contribution in [-0.2, 0) is 16.2 Å².